The van der Waals surface area contributed by atoms with Gasteiger partial charge in [-0.2, -0.15) is 0 Å². The van der Waals surface area contributed by atoms with Gasteiger partial charge in [0.15, 0.2) is 0 Å². The zero-order valence-corrected chi connectivity index (χ0v) is 22.8. The zero-order chi connectivity index (χ0) is 27.2. The SMILES string of the molecule is CCC(C)[C@H]1C(=O)N(CCc2ccc(OC)cc2)C[C@H]2N1C(=O)CN(CC)N2C(=O)NCc1ccccc1. The van der Waals surface area contributed by atoms with Gasteiger partial charge in [0.05, 0.1) is 20.2 Å². The van der Waals surface area contributed by atoms with E-state index in [-0.39, 0.29) is 36.9 Å². The van der Waals surface area contributed by atoms with E-state index in [1.807, 2.05) is 80.3 Å². The van der Waals surface area contributed by atoms with Gasteiger partial charge >= 0.3 is 6.03 Å². The normalized spacial score (nSPS) is 20.8. The van der Waals surface area contributed by atoms with Crippen LogP contribution in [0.2, 0.25) is 0 Å². The number of nitrogens with one attached hydrogen (secondary N) is 1. The Kier molecular flexibility index (Phi) is 8.89. The van der Waals surface area contributed by atoms with E-state index in [0.29, 0.717) is 26.1 Å². The average molecular weight is 522 g/mol. The Hall–Kier alpha value is -3.59. The Bertz CT molecular complexity index is 1110. The number of rotatable bonds is 9. The lowest BCUT2D eigenvalue weighted by Crippen LogP contribution is -2.77. The second-order valence-electron chi connectivity index (χ2n) is 9.96. The molecular formula is C29H39N5O4. The van der Waals surface area contributed by atoms with E-state index in [1.165, 1.54) is 0 Å². The van der Waals surface area contributed by atoms with Crippen molar-refractivity contribution < 1.29 is 19.1 Å². The third-order valence-corrected chi connectivity index (χ3v) is 7.63. The number of hydrazine groups is 1. The maximum atomic E-state index is 13.8. The standard InChI is InChI=1S/C29H39N5O4/c1-5-21(3)27-28(36)31(17-16-22-12-14-24(38-4)15-13-22)19-25-33(27)26(35)20-32(6-2)34(25)29(37)30-18-23-10-8-7-9-11-23/h7-15,21,25,27H,5-6,16-20H2,1-4H3,(H,30,37)/t21?,25-,27-/m0/s1. The van der Waals surface area contributed by atoms with Crippen LogP contribution in [0.3, 0.4) is 0 Å². The molecular weight excluding hydrogens is 482 g/mol. The highest BCUT2D eigenvalue weighted by Crippen LogP contribution is 2.31. The fraction of sp³-hybridized carbons (Fsp3) is 0.483. The minimum Gasteiger partial charge on any atom is -0.497 e. The first-order valence-electron chi connectivity index (χ1n) is 13.5. The summed E-state index contributed by atoms with van der Waals surface area (Å²) in [5, 5.41) is 6.47. The molecule has 2 heterocycles. The molecule has 204 valence electrons. The highest BCUT2D eigenvalue weighted by molar-refractivity contribution is 5.91. The number of piperazine rings is 1. The molecule has 2 aliphatic rings. The summed E-state index contributed by atoms with van der Waals surface area (Å²) in [5.74, 6) is 0.581. The molecule has 4 rings (SSSR count). The van der Waals surface area contributed by atoms with Crippen molar-refractivity contribution in [2.45, 2.75) is 52.4 Å². The Morgan fingerprint density at radius 2 is 1.76 bits per heavy atom. The van der Waals surface area contributed by atoms with E-state index >= 15 is 0 Å². The lowest BCUT2D eigenvalue weighted by atomic mass is 9.92. The number of benzene rings is 2. The molecule has 2 aromatic rings. The molecule has 0 aromatic heterocycles. The summed E-state index contributed by atoms with van der Waals surface area (Å²) >= 11 is 0. The van der Waals surface area contributed by atoms with Gasteiger partial charge in [-0.1, -0.05) is 69.7 Å². The first-order valence-corrected chi connectivity index (χ1v) is 13.5. The number of carbonyl (C=O) groups excluding carboxylic acids is 3. The van der Waals surface area contributed by atoms with Gasteiger partial charge < -0.3 is 19.9 Å². The molecule has 3 atom stereocenters. The maximum absolute atomic E-state index is 13.8. The molecule has 0 bridgehead atoms. The van der Waals surface area contributed by atoms with Crippen molar-refractivity contribution in [3.8, 4) is 5.75 Å². The van der Waals surface area contributed by atoms with Gasteiger partial charge in [-0.15, -0.1) is 0 Å². The van der Waals surface area contributed by atoms with Gasteiger partial charge in [0.1, 0.15) is 18.0 Å². The average Bonchev–Trinajstić information content (AvgIpc) is 2.95. The van der Waals surface area contributed by atoms with Crippen LogP contribution in [0, 0.1) is 5.92 Å². The van der Waals surface area contributed by atoms with Crippen LogP contribution in [-0.4, -0.2) is 83.2 Å². The molecule has 0 saturated carbocycles. The van der Waals surface area contributed by atoms with Crippen LogP contribution in [-0.2, 0) is 22.6 Å². The van der Waals surface area contributed by atoms with E-state index in [1.54, 1.807) is 22.0 Å². The molecule has 9 nitrogen and oxygen atoms in total. The summed E-state index contributed by atoms with van der Waals surface area (Å²) in [7, 11) is 1.63. The molecule has 2 aromatic carbocycles. The van der Waals surface area contributed by atoms with Crippen LogP contribution in [0.5, 0.6) is 5.75 Å². The summed E-state index contributed by atoms with van der Waals surface area (Å²) in [6, 6.07) is 16.7. The van der Waals surface area contributed by atoms with Crippen LogP contribution in [0.25, 0.3) is 0 Å². The zero-order valence-electron chi connectivity index (χ0n) is 22.8. The first kappa shape index (κ1) is 27.4. The number of nitrogens with zero attached hydrogens (tertiary/aromatic N) is 4. The molecule has 0 aliphatic carbocycles. The van der Waals surface area contributed by atoms with E-state index in [2.05, 4.69) is 5.32 Å². The molecule has 1 N–H and O–H groups in total. The van der Waals surface area contributed by atoms with Gasteiger partial charge in [0.2, 0.25) is 11.8 Å². The number of ether oxygens (including phenoxy) is 1. The molecule has 0 spiro atoms. The van der Waals surface area contributed by atoms with E-state index in [0.717, 1.165) is 23.3 Å². The molecule has 9 heteroatoms. The highest BCUT2D eigenvalue weighted by Gasteiger charge is 2.52. The van der Waals surface area contributed by atoms with Crippen LogP contribution in [0.15, 0.2) is 54.6 Å². The van der Waals surface area contributed by atoms with Gasteiger partial charge in [-0.05, 0) is 35.6 Å². The van der Waals surface area contributed by atoms with Crippen molar-refractivity contribution in [3.05, 3.63) is 65.7 Å². The van der Waals surface area contributed by atoms with Crippen molar-refractivity contribution in [1.29, 1.82) is 0 Å². The van der Waals surface area contributed by atoms with Crippen molar-refractivity contribution in [1.82, 2.24) is 25.1 Å². The van der Waals surface area contributed by atoms with Crippen LogP contribution in [0.4, 0.5) is 4.79 Å². The molecule has 2 aliphatic heterocycles. The van der Waals surface area contributed by atoms with Crippen LogP contribution < -0.4 is 10.1 Å². The van der Waals surface area contributed by atoms with E-state index < -0.39 is 12.2 Å². The minimum absolute atomic E-state index is 0.0415. The quantitative estimate of drug-likeness (QED) is 0.548. The number of carbonyl (C=O) groups is 3. The van der Waals surface area contributed by atoms with Crippen LogP contribution >= 0.6 is 0 Å². The Balaban J connectivity index is 1.59. The number of urea groups is 1. The third kappa shape index (κ3) is 5.78. The Morgan fingerprint density at radius 1 is 1.05 bits per heavy atom. The number of likely N-dealkylation sites (N-methyl/N-ethyl adjacent to an activating group) is 1. The van der Waals surface area contributed by atoms with Gasteiger partial charge in [0.25, 0.3) is 0 Å². The molecule has 38 heavy (non-hydrogen) atoms. The molecule has 0 radical (unpaired) electrons. The number of hydrogen-bond donors (Lipinski definition) is 1. The van der Waals surface area contributed by atoms with Gasteiger partial charge in [-0.25, -0.2) is 14.8 Å². The van der Waals surface area contributed by atoms with Crippen molar-refractivity contribution >= 4 is 17.8 Å². The molecule has 2 saturated heterocycles. The van der Waals surface area contributed by atoms with E-state index in [4.69, 9.17) is 4.74 Å². The molecule has 1 unspecified atom stereocenters. The summed E-state index contributed by atoms with van der Waals surface area (Å²) in [4.78, 5) is 44.3. The number of fused-ring (bicyclic) bond motifs is 1. The first-order chi connectivity index (χ1) is 18.4. The topological polar surface area (TPSA) is 85.4 Å². The van der Waals surface area contributed by atoms with Crippen molar-refractivity contribution in [3.63, 3.8) is 0 Å². The summed E-state index contributed by atoms with van der Waals surface area (Å²) in [6.45, 7) is 7.68. The Labute approximate surface area is 225 Å². The third-order valence-electron chi connectivity index (χ3n) is 7.63. The second-order valence-corrected chi connectivity index (χ2v) is 9.96. The van der Waals surface area contributed by atoms with Gasteiger partial charge in [0, 0.05) is 19.6 Å². The predicted octanol–water partition coefficient (Wildman–Crippen LogP) is 3.11. The molecule has 4 amide bonds. The predicted molar refractivity (Wildman–Crippen MR) is 145 cm³/mol. The number of methoxy groups -OCH3 is 1. The van der Waals surface area contributed by atoms with Crippen molar-refractivity contribution in [2.75, 3.05) is 33.3 Å². The largest absolute Gasteiger partial charge is 0.497 e. The maximum Gasteiger partial charge on any atom is 0.334 e. The molecule has 2 fully saturated rings. The lowest BCUT2D eigenvalue weighted by Gasteiger charge is -2.56. The summed E-state index contributed by atoms with van der Waals surface area (Å²) < 4.78 is 5.26. The summed E-state index contributed by atoms with van der Waals surface area (Å²) in [5.41, 5.74) is 2.08. The fourth-order valence-electron chi connectivity index (χ4n) is 5.27. The van der Waals surface area contributed by atoms with E-state index in [9.17, 15) is 14.4 Å². The minimum atomic E-state index is -0.606. The smallest absolute Gasteiger partial charge is 0.334 e. The second kappa shape index (κ2) is 12.3. The highest BCUT2D eigenvalue weighted by atomic mass is 16.5. The number of hydrogen-bond acceptors (Lipinski definition) is 5. The van der Waals surface area contributed by atoms with Gasteiger partial charge in [-0.3, -0.25) is 9.59 Å². The number of amides is 4. The summed E-state index contributed by atoms with van der Waals surface area (Å²) in [6.07, 6.45) is 0.845. The lowest BCUT2D eigenvalue weighted by molar-refractivity contribution is -0.193. The van der Waals surface area contributed by atoms with Crippen LogP contribution in [0.1, 0.15) is 38.3 Å². The van der Waals surface area contributed by atoms with Crippen molar-refractivity contribution in [2.24, 2.45) is 5.92 Å². The Morgan fingerprint density at radius 3 is 2.39 bits per heavy atom. The monoisotopic (exact) mass is 521 g/mol. The fourth-order valence-corrected chi connectivity index (χ4v) is 5.27.